The highest BCUT2D eigenvalue weighted by Crippen LogP contribution is 2.24. The minimum Gasteiger partial charge on any atom is -0.497 e. The molecule has 2 aromatic carbocycles. The van der Waals surface area contributed by atoms with Crippen LogP contribution in [0.15, 0.2) is 48.5 Å². The van der Waals surface area contributed by atoms with Crippen LogP contribution in [-0.2, 0) is 10.5 Å². The van der Waals surface area contributed by atoms with E-state index >= 15 is 0 Å². The summed E-state index contributed by atoms with van der Waals surface area (Å²) >= 11 is 1.59. The first-order valence-electron chi connectivity index (χ1n) is 7.77. The second kappa shape index (κ2) is 9.23. The minimum absolute atomic E-state index is 0.0203. The normalized spacial score (nSPS) is 11.6. The van der Waals surface area contributed by atoms with Crippen molar-refractivity contribution in [2.45, 2.75) is 18.7 Å². The Morgan fingerprint density at radius 2 is 1.79 bits per heavy atom. The van der Waals surface area contributed by atoms with E-state index in [0.717, 1.165) is 22.8 Å². The van der Waals surface area contributed by atoms with Gasteiger partial charge in [0.15, 0.2) is 0 Å². The lowest BCUT2D eigenvalue weighted by atomic mass is 10.1. The van der Waals surface area contributed by atoms with Crippen molar-refractivity contribution in [3.8, 4) is 11.5 Å². The number of carbonyl (C=O) groups is 1. The topological polar surface area (TPSA) is 47.6 Å². The molecule has 1 amide bonds. The first kappa shape index (κ1) is 18.2. The second-order valence-electron chi connectivity index (χ2n) is 5.37. The molecule has 0 spiro atoms. The Hall–Kier alpha value is -2.14. The van der Waals surface area contributed by atoms with Gasteiger partial charge in [0.1, 0.15) is 11.5 Å². The number of methoxy groups -OCH3 is 2. The summed E-state index contributed by atoms with van der Waals surface area (Å²) in [7, 11) is 3.29. The molecule has 0 aliphatic rings. The van der Waals surface area contributed by atoms with E-state index in [2.05, 4.69) is 5.32 Å². The van der Waals surface area contributed by atoms with E-state index in [0.29, 0.717) is 5.75 Å². The highest BCUT2D eigenvalue weighted by molar-refractivity contribution is 7.99. The lowest BCUT2D eigenvalue weighted by molar-refractivity contribution is -0.119. The third-order valence-electron chi connectivity index (χ3n) is 3.64. The fourth-order valence-electron chi connectivity index (χ4n) is 2.37. The average molecular weight is 345 g/mol. The van der Waals surface area contributed by atoms with Gasteiger partial charge >= 0.3 is 0 Å². The van der Waals surface area contributed by atoms with Gasteiger partial charge in [0, 0.05) is 11.3 Å². The van der Waals surface area contributed by atoms with Crippen molar-refractivity contribution >= 4 is 17.7 Å². The van der Waals surface area contributed by atoms with Crippen molar-refractivity contribution in [3.05, 3.63) is 59.7 Å². The lowest BCUT2D eigenvalue weighted by Crippen LogP contribution is -2.28. The number of para-hydroxylation sites is 1. The van der Waals surface area contributed by atoms with Crippen LogP contribution in [0, 0.1) is 0 Å². The fourth-order valence-corrected chi connectivity index (χ4v) is 3.17. The lowest BCUT2D eigenvalue weighted by Gasteiger charge is -2.17. The number of hydrogen-bond donors (Lipinski definition) is 1. The minimum atomic E-state index is -0.0877. The first-order valence-corrected chi connectivity index (χ1v) is 8.92. The van der Waals surface area contributed by atoms with Crippen LogP contribution in [0.3, 0.4) is 0 Å². The zero-order valence-electron chi connectivity index (χ0n) is 14.2. The highest BCUT2D eigenvalue weighted by atomic mass is 32.2. The van der Waals surface area contributed by atoms with Gasteiger partial charge in [-0.2, -0.15) is 0 Å². The van der Waals surface area contributed by atoms with Gasteiger partial charge < -0.3 is 14.8 Å². The largest absolute Gasteiger partial charge is 0.497 e. The Kier molecular flexibility index (Phi) is 7.00. The maximum atomic E-state index is 12.1. The van der Waals surface area contributed by atoms with Crippen LogP contribution >= 0.6 is 11.8 Å². The molecule has 0 radical (unpaired) electrons. The van der Waals surface area contributed by atoms with Gasteiger partial charge in [0.25, 0.3) is 0 Å². The van der Waals surface area contributed by atoms with Gasteiger partial charge in [-0.1, -0.05) is 30.3 Å². The van der Waals surface area contributed by atoms with Crippen molar-refractivity contribution in [3.63, 3.8) is 0 Å². The molecule has 0 aliphatic carbocycles. The molecule has 4 nitrogen and oxygen atoms in total. The summed E-state index contributed by atoms with van der Waals surface area (Å²) in [4.78, 5) is 12.1. The number of thioether (sulfide) groups is 1. The molecule has 0 heterocycles. The van der Waals surface area contributed by atoms with Crippen molar-refractivity contribution in [2.75, 3.05) is 20.0 Å². The summed E-state index contributed by atoms with van der Waals surface area (Å²) in [6.07, 6.45) is 0. The molecular formula is C19H23NO3S. The van der Waals surface area contributed by atoms with Gasteiger partial charge in [0.2, 0.25) is 5.91 Å². The molecular weight excluding hydrogens is 322 g/mol. The Morgan fingerprint density at radius 3 is 2.46 bits per heavy atom. The van der Waals surface area contributed by atoms with E-state index in [4.69, 9.17) is 9.47 Å². The molecule has 2 rings (SSSR count). The average Bonchev–Trinajstić information content (AvgIpc) is 2.62. The predicted molar refractivity (Wildman–Crippen MR) is 98.7 cm³/mol. The first-order chi connectivity index (χ1) is 11.6. The maximum absolute atomic E-state index is 12.1. The summed E-state index contributed by atoms with van der Waals surface area (Å²) in [5.74, 6) is 2.86. The third kappa shape index (κ3) is 5.20. The zero-order chi connectivity index (χ0) is 17.4. The molecule has 0 aromatic heterocycles. The smallest absolute Gasteiger partial charge is 0.230 e. The number of amides is 1. The number of hydrogen-bond acceptors (Lipinski definition) is 4. The van der Waals surface area contributed by atoms with Gasteiger partial charge in [-0.15, -0.1) is 11.8 Å². The van der Waals surface area contributed by atoms with E-state index in [1.807, 2.05) is 55.5 Å². The van der Waals surface area contributed by atoms with E-state index in [1.54, 1.807) is 26.0 Å². The molecule has 128 valence electrons. The van der Waals surface area contributed by atoms with Gasteiger partial charge in [-0.3, -0.25) is 4.79 Å². The zero-order valence-corrected chi connectivity index (χ0v) is 15.1. The molecule has 1 atom stereocenters. The number of benzene rings is 2. The van der Waals surface area contributed by atoms with Crippen LogP contribution in [0.5, 0.6) is 11.5 Å². The Labute approximate surface area is 147 Å². The summed E-state index contributed by atoms with van der Waals surface area (Å²) < 4.78 is 10.5. The number of nitrogens with one attached hydrogen (secondary N) is 1. The van der Waals surface area contributed by atoms with Gasteiger partial charge in [0.05, 0.1) is 26.0 Å². The van der Waals surface area contributed by atoms with Crippen LogP contribution < -0.4 is 14.8 Å². The van der Waals surface area contributed by atoms with Gasteiger partial charge in [-0.25, -0.2) is 0 Å². The molecule has 0 aliphatic heterocycles. The van der Waals surface area contributed by atoms with Crippen LogP contribution in [-0.4, -0.2) is 25.9 Å². The van der Waals surface area contributed by atoms with Crippen molar-refractivity contribution in [1.82, 2.24) is 5.32 Å². The quantitative estimate of drug-likeness (QED) is 0.790. The van der Waals surface area contributed by atoms with Crippen LogP contribution in [0.1, 0.15) is 24.1 Å². The molecule has 24 heavy (non-hydrogen) atoms. The summed E-state index contributed by atoms with van der Waals surface area (Å²) in [6.45, 7) is 1.96. The van der Waals surface area contributed by atoms with Crippen molar-refractivity contribution < 1.29 is 14.3 Å². The van der Waals surface area contributed by atoms with E-state index < -0.39 is 0 Å². The summed E-state index contributed by atoms with van der Waals surface area (Å²) in [5, 5.41) is 3.02. The number of rotatable bonds is 8. The fraction of sp³-hybridized carbons (Fsp3) is 0.316. The van der Waals surface area contributed by atoms with Crippen LogP contribution in [0.25, 0.3) is 0 Å². The SMILES string of the molecule is COc1ccc(CSCC(=O)N[C@@H](C)c2ccccc2OC)cc1. The molecule has 0 saturated carbocycles. The molecule has 0 saturated heterocycles. The third-order valence-corrected chi connectivity index (χ3v) is 4.65. The molecule has 0 unspecified atom stereocenters. The molecule has 5 heteroatoms. The van der Waals surface area contributed by atoms with E-state index in [-0.39, 0.29) is 11.9 Å². The highest BCUT2D eigenvalue weighted by Gasteiger charge is 2.13. The van der Waals surface area contributed by atoms with E-state index in [1.165, 1.54) is 5.56 Å². The standard InChI is InChI=1S/C19H23NO3S/c1-14(17-6-4-5-7-18(17)23-3)20-19(21)13-24-12-15-8-10-16(22-2)11-9-15/h4-11,14H,12-13H2,1-3H3,(H,20,21)/t14-/m0/s1. The monoisotopic (exact) mass is 345 g/mol. The molecule has 0 fully saturated rings. The number of ether oxygens (including phenoxy) is 2. The van der Waals surface area contributed by atoms with Gasteiger partial charge in [-0.05, 0) is 30.7 Å². The number of carbonyl (C=O) groups excluding carboxylic acids is 1. The maximum Gasteiger partial charge on any atom is 0.230 e. The molecule has 1 N–H and O–H groups in total. The van der Waals surface area contributed by atoms with Crippen LogP contribution in [0.2, 0.25) is 0 Å². The molecule has 2 aromatic rings. The summed E-state index contributed by atoms with van der Waals surface area (Å²) in [5.41, 5.74) is 2.15. The molecule has 0 bridgehead atoms. The Morgan fingerprint density at radius 1 is 1.08 bits per heavy atom. The summed E-state index contributed by atoms with van der Waals surface area (Å²) in [6, 6.07) is 15.5. The van der Waals surface area contributed by atoms with Crippen molar-refractivity contribution in [1.29, 1.82) is 0 Å². The predicted octanol–water partition coefficient (Wildman–Crippen LogP) is 3.81. The second-order valence-corrected chi connectivity index (χ2v) is 6.36. The van der Waals surface area contributed by atoms with Crippen molar-refractivity contribution in [2.24, 2.45) is 0 Å². The Bertz CT molecular complexity index is 658. The van der Waals surface area contributed by atoms with E-state index in [9.17, 15) is 4.79 Å². The van der Waals surface area contributed by atoms with Crippen LogP contribution in [0.4, 0.5) is 0 Å². The Balaban J connectivity index is 1.80.